The van der Waals surface area contributed by atoms with Gasteiger partial charge in [0.25, 0.3) is 0 Å². The fourth-order valence-electron chi connectivity index (χ4n) is 1.68. The number of cyclic esters (lactones) is 1. The Hall–Kier alpha value is -1.45. The molecule has 2 rings (SSSR count). The molecule has 0 aliphatic carbocycles. The Kier molecular flexibility index (Phi) is 1.98. The van der Waals surface area contributed by atoms with Gasteiger partial charge in [-0.05, 0) is 12.8 Å². The van der Waals surface area contributed by atoms with Crippen LogP contribution in [0.5, 0.6) is 0 Å². The Balaban J connectivity index is 2.64. The summed E-state index contributed by atoms with van der Waals surface area (Å²) in [5, 5.41) is 8.07. The van der Waals surface area contributed by atoms with Gasteiger partial charge in [-0.2, -0.15) is 10.2 Å². The molecule has 1 aliphatic rings. The van der Waals surface area contributed by atoms with Crippen molar-refractivity contribution in [1.82, 2.24) is 10.2 Å². The number of esters is 1. The molecule has 0 atom stereocenters. The Labute approximate surface area is 82.3 Å². The van der Waals surface area contributed by atoms with Crippen LogP contribution in [0.3, 0.4) is 0 Å². The van der Waals surface area contributed by atoms with Gasteiger partial charge >= 0.3 is 5.97 Å². The van der Waals surface area contributed by atoms with E-state index >= 15 is 0 Å². The van der Waals surface area contributed by atoms with Crippen molar-refractivity contribution >= 4 is 5.97 Å². The maximum Gasteiger partial charge on any atom is 0.340 e. The van der Waals surface area contributed by atoms with E-state index in [4.69, 9.17) is 4.74 Å². The Morgan fingerprint density at radius 2 is 2.07 bits per heavy atom. The number of carbonyl (C=O) groups excluding carboxylic acids is 1. The molecule has 1 aliphatic heterocycles. The van der Waals surface area contributed by atoms with Crippen LogP contribution in [0.4, 0.5) is 0 Å². The molecule has 0 aromatic carbocycles. The topological polar surface area (TPSA) is 52.1 Å². The maximum absolute atomic E-state index is 11.4. The zero-order chi connectivity index (χ0) is 10.3. The van der Waals surface area contributed by atoms with Gasteiger partial charge in [0.15, 0.2) is 0 Å². The molecule has 0 saturated carbocycles. The fraction of sp³-hybridized carbons (Fsp3) is 0.500. The summed E-state index contributed by atoms with van der Waals surface area (Å²) in [4.78, 5) is 11.4. The van der Waals surface area contributed by atoms with E-state index in [1.165, 1.54) is 0 Å². The summed E-state index contributed by atoms with van der Waals surface area (Å²) in [6.07, 6.45) is 0. The van der Waals surface area contributed by atoms with Crippen molar-refractivity contribution in [3.63, 3.8) is 0 Å². The third-order valence-corrected chi connectivity index (χ3v) is 2.38. The molecular formula is C10H12N2O2. The first kappa shape index (κ1) is 9.12. The lowest BCUT2D eigenvalue weighted by Gasteiger charge is -2.07. The van der Waals surface area contributed by atoms with Crippen LogP contribution >= 0.6 is 0 Å². The molecular weight excluding hydrogens is 180 g/mol. The highest BCUT2D eigenvalue weighted by atomic mass is 16.5. The number of hydrogen-bond donors (Lipinski definition) is 0. The number of ether oxygens (including phenoxy) is 1. The molecule has 0 spiro atoms. The predicted molar refractivity (Wildman–Crippen MR) is 50.0 cm³/mol. The zero-order valence-corrected chi connectivity index (χ0v) is 8.50. The lowest BCUT2D eigenvalue weighted by molar-refractivity contribution is 0.0534. The number of fused-ring (bicyclic) bond motifs is 1. The lowest BCUT2D eigenvalue weighted by Crippen LogP contribution is -2.06. The van der Waals surface area contributed by atoms with Crippen molar-refractivity contribution in [3.05, 3.63) is 22.5 Å². The predicted octanol–water partition coefficient (Wildman–Crippen LogP) is 1.58. The highest BCUT2D eigenvalue weighted by Gasteiger charge is 2.28. The van der Waals surface area contributed by atoms with Gasteiger partial charge in [-0.25, -0.2) is 4.79 Å². The molecule has 0 saturated heterocycles. The van der Waals surface area contributed by atoms with E-state index in [0.29, 0.717) is 17.9 Å². The summed E-state index contributed by atoms with van der Waals surface area (Å²) in [5.74, 6) is 0.000602. The molecule has 0 N–H and O–H groups in total. The first-order chi connectivity index (χ1) is 6.61. The smallest absolute Gasteiger partial charge is 0.340 e. The van der Waals surface area contributed by atoms with E-state index in [2.05, 4.69) is 10.2 Å². The number of aromatic nitrogens is 2. The van der Waals surface area contributed by atoms with Crippen LogP contribution in [0.15, 0.2) is 0 Å². The molecule has 1 aromatic rings. The van der Waals surface area contributed by atoms with E-state index < -0.39 is 0 Å². The van der Waals surface area contributed by atoms with Crippen molar-refractivity contribution in [3.8, 4) is 0 Å². The summed E-state index contributed by atoms with van der Waals surface area (Å²) in [5.41, 5.74) is 3.06. The summed E-state index contributed by atoms with van der Waals surface area (Å²) >= 11 is 0. The molecule has 0 fully saturated rings. The second-order valence-corrected chi connectivity index (χ2v) is 3.76. The van der Waals surface area contributed by atoms with Crippen molar-refractivity contribution in [2.75, 3.05) is 0 Å². The quantitative estimate of drug-likeness (QED) is 0.634. The average molecular weight is 192 g/mol. The second-order valence-electron chi connectivity index (χ2n) is 3.76. The summed E-state index contributed by atoms with van der Waals surface area (Å²) in [6, 6.07) is 0. The van der Waals surface area contributed by atoms with E-state index in [9.17, 15) is 4.79 Å². The number of carbonyl (C=O) groups is 1. The third kappa shape index (κ3) is 1.18. The molecule has 0 amide bonds. The average Bonchev–Trinajstić information content (AvgIpc) is 2.49. The normalized spacial score (nSPS) is 14.4. The minimum Gasteiger partial charge on any atom is -0.457 e. The summed E-state index contributed by atoms with van der Waals surface area (Å²) < 4.78 is 4.98. The first-order valence-corrected chi connectivity index (χ1v) is 4.64. The Bertz CT molecular complexity index is 399. The highest BCUT2D eigenvalue weighted by molar-refractivity contribution is 5.94. The molecule has 4 heteroatoms. The molecule has 14 heavy (non-hydrogen) atoms. The Morgan fingerprint density at radius 3 is 2.71 bits per heavy atom. The highest BCUT2D eigenvalue weighted by Crippen LogP contribution is 2.27. The van der Waals surface area contributed by atoms with Crippen LogP contribution < -0.4 is 0 Å². The maximum atomic E-state index is 11.4. The SMILES string of the molecule is Cc1nnc(C(C)C)c2c1C(=O)OC2. The number of aryl methyl sites for hydroxylation is 1. The molecule has 1 aromatic heterocycles. The van der Waals surface area contributed by atoms with Gasteiger partial charge in [-0.15, -0.1) is 0 Å². The second kappa shape index (κ2) is 3.04. The van der Waals surface area contributed by atoms with Gasteiger partial charge in [-0.3, -0.25) is 0 Å². The van der Waals surface area contributed by atoms with Gasteiger partial charge in [0.2, 0.25) is 0 Å². The van der Waals surface area contributed by atoms with Crippen LogP contribution in [-0.4, -0.2) is 16.2 Å². The number of hydrogen-bond acceptors (Lipinski definition) is 4. The van der Waals surface area contributed by atoms with Crippen LogP contribution in [0, 0.1) is 6.92 Å². The van der Waals surface area contributed by atoms with Gasteiger partial charge in [0.05, 0.1) is 17.0 Å². The molecule has 0 unspecified atom stereocenters. The molecule has 74 valence electrons. The molecule has 4 nitrogen and oxygen atoms in total. The molecule has 0 radical (unpaired) electrons. The van der Waals surface area contributed by atoms with Gasteiger partial charge in [0, 0.05) is 5.56 Å². The van der Waals surface area contributed by atoms with Gasteiger partial charge in [-0.1, -0.05) is 13.8 Å². The Morgan fingerprint density at radius 1 is 1.36 bits per heavy atom. The van der Waals surface area contributed by atoms with Gasteiger partial charge in [0.1, 0.15) is 6.61 Å². The van der Waals surface area contributed by atoms with Gasteiger partial charge < -0.3 is 4.74 Å². The van der Waals surface area contributed by atoms with E-state index in [-0.39, 0.29) is 11.9 Å². The van der Waals surface area contributed by atoms with Crippen LogP contribution in [-0.2, 0) is 11.3 Å². The van der Waals surface area contributed by atoms with E-state index in [1.54, 1.807) is 6.92 Å². The number of rotatable bonds is 1. The fourth-order valence-corrected chi connectivity index (χ4v) is 1.68. The largest absolute Gasteiger partial charge is 0.457 e. The minimum atomic E-state index is -0.269. The summed E-state index contributed by atoms with van der Waals surface area (Å²) in [7, 11) is 0. The van der Waals surface area contributed by atoms with Crippen LogP contribution in [0.25, 0.3) is 0 Å². The zero-order valence-electron chi connectivity index (χ0n) is 8.50. The van der Waals surface area contributed by atoms with Crippen LogP contribution in [0.2, 0.25) is 0 Å². The number of nitrogens with zero attached hydrogens (tertiary/aromatic N) is 2. The molecule has 2 heterocycles. The monoisotopic (exact) mass is 192 g/mol. The van der Waals surface area contributed by atoms with Crippen molar-refractivity contribution in [1.29, 1.82) is 0 Å². The van der Waals surface area contributed by atoms with Crippen LogP contribution in [0.1, 0.15) is 47.1 Å². The first-order valence-electron chi connectivity index (χ1n) is 4.64. The summed E-state index contributed by atoms with van der Waals surface area (Å²) in [6.45, 7) is 6.19. The van der Waals surface area contributed by atoms with E-state index in [1.807, 2.05) is 13.8 Å². The standard InChI is InChI=1S/C10H12N2O2/c1-5(2)9-7-4-14-10(13)8(7)6(3)11-12-9/h5H,4H2,1-3H3. The lowest BCUT2D eigenvalue weighted by atomic mass is 10.0. The third-order valence-electron chi connectivity index (χ3n) is 2.38. The minimum absolute atomic E-state index is 0.269. The van der Waals surface area contributed by atoms with Crippen molar-refractivity contribution in [2.24, 2.45) is 0 Å². The van der Waals surface area contributed by atoms with Crippen molar-refractivity contribution in [2.45, 2.75) is 33.3 Å². The van der Waals surface area contributed by atoms with E-state index in [0.717, 1.165) is 11.3 Å². The molecule has 0 bridgehead atoms. The van der Waals surface area contributed by atoms with Crippen molar-refractivity contribution < 1.29 is 9.53 Å².